The van der Waals surface area contributed by atoms with Crippen LogP contribution in [0.1, 0.15) is 74.5 Å². The van der Waals surface area contributed by atoms with Gasteiger partial charge in [0.15, 0.2) is 0 Å². The summed E-state index contributed by atoms with van der Waals surface area (Å²) in [4.78, 5) is 32.7. The number of allylic oxidation sites excluding steroid dienone is 1. The van der Waals surface area contributed by atoms with Gasteiger partial charge in [0.2, 0.25) is 5.95 Å². The Kier molecular flexibility index (Phi) is 10.0. The van der Waals surface area contributed by atoms with Gasteiger partial charge in [-0.05, 0) is 60.4 Å². The topological polar surface area (TPSA) is 103 Å². The van der Waals surface area contributed by atoms with E-state index in [2.05, 4.69) is 37.5 Å². The minimum Gasteiger partial charge on any atom is -0.338 e. The van der Waals surface area contributed by atoms with Crippen molar-refractivity contribution in [3.05, 3.63) is 57.3 Å². The van der Waals surface area contributed by atoms with Crippen LogP contribution < -0.4 is 10.6 Å². The molecule has 2 aromatic heterocycles. The van der Waals surface area contributed by atoms with Crippen molar-refractivity contribution >= 4 is 40.1 Å². The number of rotatable bonds is 10. The molecular weight excluding hydrogens is 570 g/mol. The average Bonchev–Trinajstić information content (AvgIpc) is 3.69. The van der Waals surface area contributed by atoms with E-state index in [1.807, 2.05) is 43.5 Å². The summed E-state index contributed by atoms with van der Waals surface area (Å²) in [5.74, 6) is 0.0907. The van der Waals surface area contributed by atoms with Crippen molar-refractivity contribution in [1.82, 2.24) is 19.8 Å². The third kappa shape index (κ3) is 8.06. The number of benzene rings is 1. The zero-order valence-electron chi connectivity index (χ0n) is 25.6. The molecule has 3 heterocycles. The number of alkyl halides is 2. The number of nitrogens with one attached hydrogen (secondary N) is 2. The van der Waals surface area contributed by atoms with Crippen molar-refractivity contribution < 1.29 is 18.4 Å². The van der Waals surface area contributed by atoms with E-state index in [-0.39, 0.29) is 32.6 Å². The molecule has 0 aliphatic carbocycles. The van der Waals surface area contributed by atoms with E-state index in [1.165, 1.54) is 12.1 Å². The molecule has 230 valence electrons. The number of thiophene rings is 1. The predicted octanol–water partition coefficient (Wildman–Crippen LogP) is 6.77. The lowest BCUT2D eigenvalue weighted by atomic mass is 9.93. The SMILES string of the molecule is CC(C)C(C)NCc1ccc2c(c1)nc(NC(=O)c1ccc(C(F)F)s1)n2CC1CCN(C(=O)C(C#N)=CC(C)(C)C)C1. The van der Waals surface area contributed by atoms with Crippen molar-refractivity contribution in [2.75, 3.05) is 18.4 Å². The highest BCUT2D eigenvalue weighted by Crippen LogP contribution is 2.30. The van der Waals surface area contributed by atoms with Crippen LogP contribution >= 0.6 is 11.3 Å². The predicted molar refractivity (Wildman–Crippen MR) is 166 cm³/mol. The molecule has 1 saturated heterocycles. The van der Waals surface area contributed by atoms with Crippen LogP contribution in [0.15, 0.2) is 42.0 Å². The second-order valence-electron chi connectivity index (χ2n) is 12.7. The van der Waals surface area contributed by atoms with Crippen LogP contribution in [0.25, 0.3) is 11.0 Å². The highest BCUT2D eigenvalue weighted by molar-refractivity contribution is 7.14. The summed E-state index contributed by atoms with van der Waals surface area (Å²) in [6.45, 7) is 14.4. The first-order chi connectivity index (χ1) is 20.3. The van der Waals surface area contributed by atoms with Crippen LogP contribution in [-0.2, 0) is 17.9 Å². The van der Waals surface area contributed by atoms with Gasteiger partial charge in [-0.2, -0.15) is 5.26 Å². The number of carbonyl (C=O) groups is 2. The third-order valence-corrected chi connectivity index (χ3v) is 8.77. The molecule has 2 atom stereocenters. The summed E-state index contributed by atoms with van der Waals surface area (Å²) < 4.78 is 28.2. The number of halogens is 2. The number of amides is 2. The number of nitriles is 1. The third-order valence-electron chi connectivity index (χ3n) is 7.67. The van der Waals surface area contributed by atoms with E-state index >= 15 is 0 Å². The molecule has 1 aliphatic rings. The number of imidazole rings is 1. The number of likely N-dealkylation sites (tertiary alicyclic amines) is 1. The Balaban J connectivity index is 1.59. The first kappa shape index (κ1) is 32.3. The van der Waals surface area contributed by atoms with Gasteiger partial charge >= 0.3 is 0 Å². The van der Waals surface area contributed by atoms with Gasteiger partial charge in [0.05, 0.1) is 20.8 Å². The lowest BCUT2D eigenvalue weighted by molar-refractivity contribution is -0.125. The van der Waals surface area contributed by atoms with Crippen molar-refractivity contribution in [3.8, 4) is 6.07 Å². The minimum absolute atomic E-state index is 0.0620. The van der Waals surface area contributed by atoms with Crippen LogP contribution in [0.3, 0.4) is 0 Å². The van der Waals surface area contributed by atoms with Crippen LogP contribution in [0.2, 0.25) is 0 Å². The molecule has 11 heteroatoms. The zero-order valence-corrected chi connectivity index (χ0v) is 26.4. The maximum atomic E-state index is 13.1. The number of fused-ring (bicyclic) bond motifs is 1. The second-order valence-corrected chi connectivity index (χ2v) is 13.8. The van der Waals surface area contributed by atoms with E-state index in [4.69, 9.17) is 4.98 Å². The number of carbonyl (C=O) groups excluding carboxylic acids is 2. The number of aromatic nitrogens is 2. The molecule has 0 saturated carbocycles. The average molecular weight is 611 g/mol. The fourth-order valence-electron chi connectivity index (χ4n) is 5.00. The molecular formula is C32H40F2N6O2S. The molecule has 1 fully saturated rings. The number of nitrogens with zero attached hydrogens (tertiary/aromatic N) is 4. The largest absolute Gasteiger partial charge is 0.338 e. The van der Waals surface area contributed by atoms with Crippen LogP contribution in [-0.4, -0.2) is 45.4 Å². The summed E-state index contributed by atoms with van der Waals surface area (Å²) in [6, 6.07) is 11.0. The van der Waals surface area contributed by atoms with Crippen molar-refractivity contribution in [2.24, 2.45) is 17.3 Å². The monoisotopic (exact) mass is 610 g/mol. The van der Waals surface area contributed by atoms with Crippen LogP contribution in [0.5, 0.6) is 0 Å². The lowest BCUT2D eigenvalue weighted by Crippen LogP contribution is -2.31. The molecule has 43 heavy (non-hydrogen) atoms. The second kappa shape index (κ2) is 13.3. The van der Waals surface area contributed by atoms with E-state index in [0.717, 1.165) is 28.8 Å². The summed E-state index contributed by atoms with van der Waals surface area (Å²) in [7, 11) is 0. The molecule has 1 aromatic carbocycles. The molecule has 4 rings (SSSR count). The Morgan fingerprint density at radius 2 is 1.95 bits per heavy atom. The lowest BCUT2D eigenvalue weighted by Gasteiger charge is -2.19. The fraction of sp³-hybridized carbons (Fsp3) is 0.500. The quantitative estimate of drug-likeness (QED) is 0.195. The highest BCUT2D eigenvalue weighted by atomic mass is 32.1. The van der Waals surface area contributed by atoms with Gasteiger partial charge in [-0.25, -0.2) is 13.8 Å². The van der Waals surface area contributed by atoms with Gasteiger partial charge in [-0.15, -0.1) is 11.3 Å². The van der Waals surface area contributed by atoms with Gasteiger partial charge in [0.25, 0.3) is 18.2 Å². The Bertz CT molecular complexity index is 1550. The molecule has 2 unspecified atom stereocenters. The van der Waals surface area contributed by atoms with Gasteiger partial charge in [-0.3, -0.25) is 14.9 Å². The summed E-state index contributed by atoms with van der Waals surface area (Å²) in [5, 5.41) is 16.0. The molecule has 0 bridgehead atoms. The van der Waals surface area contributed by atoms with Crippen molar-refractivity contribution in [1.29, 1.82) is 5.26 Å². The molecule has 2 amide bonds. The van der Waals surface area contributed by atoms with Gasteiger partial charge in [-0.1, -0.05) is 46.8 Å². The molecule has 2 N–H and O–H groups in total. The number of hydrogen-bond acceptors (Lipinski definition) is 6. The van der Waals surface area contributed by atoms with Gasteiger partial charge in [0.1, 0.15) is 11.6 Å². The Morgan fingerprint density at radius 1 is 1.21 bits per heavy atom. The van der Waals surface area contributed by atoms with Gasteiger partial charge in [0, 0.05) is 32.2 Å². The van der Waals surface area contributed by atoms with Crippen molar-refractivity contribution in [2.45, 2.75) is 73.5 Å². The molecule has 0 radical (unpaired) electrons. The Hall–Kier alpha value is -3.62. The molecule has 0 spiro atoms. The number of hydrogen-bond donors (Lipinski definition) is 2. The fourth-order valence-corrected chi connectivity index (χ4v) is 5.76. The maximum Gasteiger partial charge on any atom is 0.272 e. The smallest absolute Gasteiger partial charge is 0.272 e. The van der Waals surface area contributed by atoms with E-state index < -0.39 is 12.3 Å². The van der Waals surface area contributed by atoms with E-state index in [1.54, 1.807) is 11.0 Å². The molecule has 1 aliphatic heterocycles. The van der Waals surface area contributed by atoms with Gasteiger partial charge < -0.3 is 14.8 Å². The maximum absolute atomic E-state index is 13.1. The highest BCUT2D eigenvalue weighted by Gasteiger charge is 2.30. The van der Waals surface area contributed by atoms with Crippen LogP contribution in [0.4, 0.5) is 14.7 Å². The van der Waals surface area contributed by atoms with Crippen molar-refractivity contribution in [3.63, 3.8) is 0 Å². The van der Waals surface area contributed by atoms with E-state index in [9.17, 15) is 23.6 Å². The molecule has 8 nitrogen and oxygen atoms in total. The first-order valence-corrected chi connectivity index (χ1v) is 15.4. The summed E-state index contributed by atoms with van der Waals surface area (Å²) >= 11 is 0.757. The normalized spacial score (nSPS) is 16.7. The summed E-state index contributed by atoms with van der Waals surface area (Å²) in [5.41, 5.74) is 2.42. The zero-order chi connectivity index (χ0) is 31.5. The first-order valence-electron chi connectivity index (χ1n) is 14.6. The molecule has 3 aromatic rings. The Morgan fingerprint density at radius 3 is 2.58 bits per heavy atom. The number of anilines is 1. The van der Waals surface area contributed by atoms with Crippen LogP contribution in [0, 0.1) is 28.6 Å². The minimum atomic E-state index is -2.64. The summed E-state index contributed by atoms with van der Waals surface area (Å²) in [6.07, 6.45) is -0.211. The Labute approximate surface area is 255 Å². The standard InChI is InChI=1S/C32H40F2N6O2S/c1-19(2)20(3)36-16-21-7-8-25-24(13-21)37-31(38-29(41)27-10-9-26(43-27)28(33)34)40(25)18-22-11-12-39(17-22)30(42)23(15-35)14-32(4,5)6/h7-10,13-14,19-20,22,28,36H,11-12,16-18H2,1-6H3,(H,37,38,41). The van der Waals surface area contributed by atoms with E-state index in [0.29, 0.717) is 49.6 Å².